The predicted octanol–water partition coefficient (Wildman–Crippen LogP) is 2.93. The molecule has 1 nitrogen and oxygen atoms in total. The van der Waals surface area contributed by atoms with Gasteiger partial charge in [-0.3, -0.25) is 0 Å². The molecule has 0 saturated heterocycles. The summed E-state index contributed by atoms with van der Waals surface area (Å²) in [5, 5.41) is 9.42. The van der Waals surface area contributed by atoms with Crippen molar-refractivity contribution in [2.45, 2.75) is 18.9 Å². The Hall–Kier alpha value is -0.350. The zero-order valence-corrected chi connectivity index (χ0v) is 9.52. The molecule has 1 unspecified atom stereocenters. The molecule has 0 radical (unpaired) electrons. The third-order valence-corrected chi connectivity index (χ3v) is 2.28. The third kappa shape index (κ3) is 4.43. The standard InChI is InChI=1S/C11H13IO/c12-9-8-11(13)7-6-10-4-2-1-3-5-10/h1-5,8-9,11,13H,6-7H2/b9-8+. The van der Waals surface area contributed by atoms with E-state index in [-0.39, 0.29) is 6.10 Å². The number of hydrogen-bond donors (Lipinski definition) is 1. The SMILES string of the molecule is OC(/C=C/I)CCc1ccccc1. The van der Waals surface area contributed by atoms with E-state index in [1.54, 1.807) is 0 Å². The summed E-state index contributed by atoms with van der Waals surface area (Å²) in [5.41, 5.74) is 1.28. The number of rotatable bonds is 4. The van der Waals surface area contributed by atoms with Gasteiger partial charge in [0.1, 0.15) is 0 Å². The van der Waals surface area contributed by atoms with Gasteiger partial charge < -0.3 is 5.11 Å². The molecule has 1 aromatic rings. The monoisotopic (exact) mass is 288 g/mol. The lowest BCUT2D eigenvalue weighted by molar-refractivity contribution is 0.213. The van der Waals surface area contributed by atoms with Crippen LogP contribution in [0.1, 0.15) is 12.0 Å². The summed E-state index contributed by atoms with van der Waals surface area (Å²) in [7, 11) is 0. The molecule has 0 aliphatic rings. The third-order valence-electron chi connectivity index (χ3n) is 1.87. The fourth-order valence-electron chi connectivity index (χ4n) is 1.14. The van der Waals surface area contributed by atoms with E-state index in [4.69, 9.17) is 0 Å². The van der Waals surface area contributed by atoms with E-state index < -0.39 is 0 Å². The second-order valence-electron chi connectivity index (χ2n) is 2.91. The van der Waals surface area contributed by atoms with Crippen molar-refractivity contribution in [3.05, 3.63) is 46.1 Å². The van der Waals surface area contributed by atoms with Gasteiger partial charge in [0.2, 0.25) is 0 Å². The van der Waals surface area contributed by atoms with Gasteiger partial charge in [-0.1, -0.05) is 59.0 Å². The first-order chi connectivity index (χ1) is 6.33. The normalized spacial score (nSPS) is 13.4. The van der Waals surface area contributed by atoms with Crippen molar-refractivity contribution in [3.63, 3.8) is 0 Å². The lowest BCUT2D eigenvalue weighted by Crippen LogP contribution is -2.03. The Bertz CT molecular complexity index is 256. The first kappa shape index (κ1) is 10.7. The minimum atomic E-state index is -0.308. The van der Waals surface area contributed by atoms with E-state index in [0.29, 0.717) is 0 Å². The smallest absolute Gasteiger partial charge is 0.0731 e. The Morgan fingerprint density at radius 1 is 1.31 bits per heavy atom. The van der Waals surface area contributed by atoms with Gasteiger partial charge in [0, 0.05) is 0 Å². The van der Waals surface area contributed by atoms with Crippen molar-refractivity contribution < 1.29 is 5.11 Å². The largest absolute Gasteiger partial charge is 0.389 e. The highest BCUT2D eigenvalue weighted by Gasteiger charge is 1.98. The van der Waals surface area contributed by atoms with E-state index in [1.165, 1.54) is 5.56 Å². The molecule has 13 heavy (non-hydrogen) atoms. The van der Waals surface area contributed by atoms with Crippen LogP contribution in [0.15, 0.2) is 40.5 Å². The maximum absolute atomic E-state index is 9.42. The maximum Gasteiger partial charge on any atom is 0.0731 e. The lowest BCUT2D eigenvalue weighted by Gasteiger charge is -2.04. The molecule has 1 atom stereocenters. The zero-order valence-electron chi connectivity index (χ0n) is 7.36. The van der Waals surface area contributed by atoms with Crippen molar-refractivity contribution in [1.82, 2.24) is 0 Å². The van der Waals surface area contributed by atoms with E-state index in [2.05, 4.69) is 34.7 Å². The molecule has 0 spiro atoms. The maximum atomic E-state index is 9.42. The van der Waals surface area contributed by atoms with Crippen LogP contribution in [0, 0.1) is 0 Å². The van der Waals surface area contributed by atoms with E-state index in [9.17, 15) is 5.11 Å². The van der Waals surface area contributed by atoms with Crippen molar-refractivity contribution >= 4 is 22.6 Å². The average Bonchev–Trinajstić information content (AvgIpc) is 2.17. The van der Waals surface area contributed by atoms with Gasteiger partial charge >= 0.3 is 0 Å². The molecule has 1 rings (SSSR count). The topological polar surface area (TPSA) is 20.2 Å². The van der Waals surface area contributed by atoms with Crippen molar-refractivity contribution in [3.8, 4) is 0 Å². The highest BCUT2D eigenvalue weighted by atomic mass is 127. The Kier molecular flexibility index (Phi) is 5.08. The van der Waals surface area contributed by atoms with Crippen LogP contribution in [0.2, 0.25) is 0 Å². The number of aliphatic hydroxyl groups is 1. The molecule has 2 heteroatoms. The Balaban J connectivity index is 2.35. The van der Waals surface area contributed by atoms with Crippen LogP contribution < -0.4 is 0 Å². The lowest BCUT2D eigenvalue weighted by atomic mass is 10.1. The summed E-state index contributed by atoms with van der Waals surface area (Å²) in [4.78, 5) is 0. The highest BCUT2D eigenvalue weighted by molar-refractivity contribution is 14.1. The van der Waals surface area contributed by atoms with E-state index in [1.807, 2.05) is 28.4 Å². The van der Waals surface area contributed by atoms with Crippen LogP contribution in [-0.4, -0.2) is 11.2 Å². The summed E-state index contributed by atoms with van der Waals surface area (Å²) in [6, 6.07) is 10.2. The van der Waals surface area contributed by atoms with Gasteiger partial charge in [-0.05, 0) is 22.5 Å². The molecule has 0 aromatic heterocycles. The summed E-state index contributed by atoms with van der Waals surface area (Å²) in [5.74, 6) is 0. The quantitative estimate of drug-likeness (QED) is 0.845. The summed E-state index contributed by atoms with van der Waals surface area (Å²) < 4.78 is 1.85. The molecule has 1 aromatic carbocycles. The summed E-state index contributed by atoms with van der Waals surface area (Å²) in [6.07, 6.45) is 3.23. The van der Waals surface area contributed by atoms with Gasteiger partial charge in [-0.2, -0.15) is 0 Å². The molecular formula is C11H13IO. The van der Waals surface area contributed by atoms with Crippen LogP contribution >= 0.6 is 22.6 Å². The van der Waals surface area contributed by atoms with Crippen molar-refractivity contribution in [1.29, 1.82) is 0 Å². The van der Waals surface area contributed by atoms with Gasteiger partial charge in [-0.15, -0.1) is 0 Å². The van der Waals surface area contributed by atoms with E-state index in [0.717, 1.165) is 12.8 Å². The fraction of sp³-hybridized carbons (Fsp3) is 0.273. The highest BCUT2D eigenvalue weighted by Crippen LogP contribution is 2.06. The van der Waals surface area contributed by atoms with Crippen molar-refractivity contribution in [2.24, 2.45) is 0 Å². The predicted molar refractivity (Wildman–Crippen MR) is 63.9 cm³/mol. The summed E-state index contributed by atoms with van der Waals surface area (Å²) >= 11 is 2.12. The van der Waals surface area contributed by atoms with Crippen LogP contribution in [0.4, 0.5) is 0 Å². The molecule has 0 fully saturated rings. The number of benzene rings is 1. The van der Waals surface area contributed by atoms with Gasteiger partial charge in [0.15, 0.2) is 0 Å². The molecular weight excluding hydrogens is 275 g/mol. The Morgan fingerprint density at radius 2 is 2.00 bits per heavy atom. The molecule has 0 aliphatic carbocycles. The second kappa shape index (κ2) is 6.16. The van der Waals surface area contributed by atoms with Gasteiger partial charge in [0.05, 0.1) is 6.10 Å². The average molecular weight is 288 g/mol. The van der Waals surface area contributed by atoms with Crippen LogP contribution in [0.5, 0.6) is 0 Å². The molecule has 0 heterocycles. The molecule has 70 valence electrons. The number of aryl methyl sites for hydroxylation is 1. The zero-order chi connectivity index (χ0) is 9.52. The minimum absolute atomic E-state index is 0.308. The first-order valence-corrected chi connectivity index (χ1v) is 5.56. The number of hydrogen-bond acceptors (Lipinski definition) is 1. The minimum Gasteiger partial charge on any atom is -0.389 e. The van der Waals surface area contributed by atoms with Crippen LogP contribution in [0.3, 0.4) is 0 Å². The van der Waals surface area contributed by atoms with Gasteiger partial charge in [0.25, 0.3) is 0 Å². The second-order valence-corrected chi connectivity index (χ2v) is 3.63. The van der Waals surface area contributed by atoms with Crippen LogP contribution in [0.25, 0.3) is 0 Å². The Labute approximate surface area is 92.6 Å². The molecule has 0 amide bonds. The Morgan fingerprint density at radius 3 is 2.62 bits per heavy atom. The molecule has 0 saturated carbocycles. The molecule has 0 aliphatic heterocycles. The fourth-order valence-corrected chi connectivity index (χ4v) is 1.62. The summed E-state index contributed by atoms with van der Waals surface area (Å²) in [6.45, 7) is 0. The molecule has 0 bridgehead atoms. The van der Waals surface area contributed by atoms with Crippen LogP contribution in [-0.2, 0) is 6.42 Å². The number of aliphatic hydroxyl groups excluding tert-OH is 1. The number of halogens is 1. The van der Waals surface area contributed by atoms with Crippen molar-refractivity contribution in [2.75, 3.05) is 0 Å². The molecule has 1 N–H and O–H groups in total. The first-order valence-electron chi connectivity index (χ1n) is 4.32. The van der Waals surface area contributed by atoms with Gasteiger partial charge in [-0.25, -0.2) is 0 Å². The van der Waals surface area contributed by atoms with E-state index >= 15 is 0 Å².